The Labute approximate surface area is 109 Å². The van der Waals surface area contributed by atoms with Crippen LogP contribution in [0, 0.1) is 0 Å². The average Bonchev–Trinajstić information content (AvgIpc) is 2.33. The normalized spacial score (nSPS) is 11.8. The fourth-order valence-electron chi connectivity index (χ4n) is 1.44. The summed E-state index contributed by atoms with van der Waals surface area (Å²) in [4.78, 5) is 0. The van der Waals surface area contributed by atoms with Crippen LogP contribution in [0.2, 0.25) is 0 Å². The van der Waals surface area contributed by atoms with Gasteiger partial charge in [0.15, 0.2) is 11.5 Å². The molecule has 0 radical (unpaired) electrons. The van der Waals surface area contributed by atoms with Gasteiger partial charge in [0, 0.05) is 0 Å². The van der Waals surface area contributed by atoms with Crippen LogP contribution in [0.15, 0.2) is 24.3 Å². The highest BCUT2D eigenvalue weighted by Gasteiger charge is 2.07. The lowest BCUT2D eigenvalue weighted by Gasteiger charge is -2.17. The third kappa shape index (κ3) is 4.80. The van der Waals surface area contributed by atoms with Gasteiger partial charge >= 0.3 is 0 Å². The van der Waals surface area contributed by atoms with Gasteiger partial charge in [0.25, 0.3) is 0 Å². The highest BCUT2D eigenvalue weighted by molar-refractivity contribution is 5.55. The highest BCUT2D eigenvalue weighted by Crippen LogP contribution is 2.27. The summed E-state index contributed by atoms with van der Waals surface area (Å²) in [5, 5.41) is 0. The largest absolute Gasteiger partial charge is 0.493 e. The zero-order valence-electron chi connectivity index (χ0n) is 11.8. The van der Waals surface area contributed by atoms with Gasteiger partial charge in [0.2, 0.25) is 0 Å². The van der Waals surface area contributed by atoms with Crippen molar-refractivity contribution in [2.24, 2.45) is 0 Å². The van der Waals surface area contributed by atoms with Crippen molar-refractivity contribution in [3.05, 3.63) is 29.8 Å². The minimum absolute atomic E-state index is 0.109. The van der Waals surface area contributed by atoms with Crippen LogP contribution in [-0.4, -0.2) is 26.4 Å². The lowest BCUT2D eigenvalue weighted by atomic mass is 10.2. The molecule has 0 saturated heterocycles. The van der Waals surface area contributed by atoms with Gasteiger partial charge in [-0.15, -0.1) is 0 Å². The first-order valence-electron chi connectivity index (χ1n) is 5.99. The van der Waals surface area contributed by atoms with Crippen molar-refractivity contribution in [1.82, 2.24) is 0 Å². The van der Waals surface area contributed by atoms with Gasteiger partial charge in [-0.05, 0) is 38.5 Å². The van der Waals surface area contributed by atoms with Crippen molar-refractivity contribution >= 4 is 6.08 Å². The second-order valence-electron chi connectivity index (χ2n) is 4.94. The Balaban J connectivity index is 2.65. The third-order valence-corrected chi connectivity index (χ3v) is 2.33. The third-order valence-electron chi connectivity index (χ3n) is 2.33. The first kappa shape index (κ1) is 14.6. The van der Waals surface area contributed by atoms with Crippen LogP contribution in [0.25, 0.3) is 6.08 Å². The Morgan fingerprint density at radius 1 is 1.06 bits per heavy atom. The smallest absolute Gasteiger partial charge is 0.161 e. The van der Waals surface area contributed by atoms with Crippen LogP contribution in [0.4, 0.5) is 0 Å². The van der Waals surface area contributed by atoms with Crippen LogP contribution in [0.5, 0.6) is 11.5 Å². The summed E-state index contributed by atoms with van der Waals surface area (Å²) in [5.74, 6) is 1.47. The van der Waals surface area contributed by atoms with Crippen LogP contribution >= 0.6 is 0 Å². The summed E-state index contributed by atoms with van der Waals surface area (Å²) in [7, 11) is 3.26. The quantitative estimate of drug-likeness (QED) is 0.800. The Hall–Kier alpha value is -1.48. The molecule has 1 aromatic rings. The van der Waals surface area contributed by atoms with Crippen LogP contribution in [0.1, 0.15) is 26.3 Å². The van der Waals surface area contributed by atoms with E-state index in [-0.39, 0.29) is 5.60 Å². The minimum atomic E-state index is -0.109. The maximum atomic E-state index is 5.61. The van der Waals surface area contributed by atoms with E-state index in [9.17, 15) is 0 Å². The molecule has 0 aliphatic heterocycles. The van der Waals surface area contributed by atoms with Crippen molar-refractivity contribution in [3.8, 4) is 11.5 Å². The first-order valence-corrected chi connectivity index (χ1v) is 5.99. The summed E-state index contributed by atoms with van der Waals surface area (Å²) < 4.78 is 16.0. The van der Waals surface area contributed by atoms with Crippen molar-refractivity contribution in [1.29, 1.82) is 0 Å². The number of ether oxygens (including phenoxy) is 3. The fourth-order valence-corrected chi connectivity index (χ4v) is 1.44. The van der Waals surface area contributed by atoms with Crippen molar-refractivity contribution < 1.29 is 14.2 Å². The molecule has 0 aliphatic rings. The van der Waals surface area contributed by atoms with Crippen molar-refractivity contribution in [3.63, 3.8) is 0 Å². The van der Waals surface area contributed by atoms with Gasteiger partial charge in [-0.1, -0.05) is 18.2 Å². The summed E-state index contributed by atoms with van der Waals surface area (Å²) in [6.45, 7) is 6.71. The predicted molar refractivity (Wildman–Crippen MR) is 74.3 cm³/mol. The molecule has 0 N–H and O–H groups in total. The lowest BCUT2D eigenvalue weighted by Crippen LogP contribution is -2.18. The Bertz CT molecular complexity index is 403. The molecule has 0 saturated carbocycles. The minimum Gasteiger partial charge on any atom is -0.493 e. The number of hydrogen-bond donors (Lipinski definition) is 0. The monoisotopic (exact) mass is 250 g/mol. The first-order chi connectivity index (χ1) is 8.46. The van der Waals surface area contributed by atoms with Gasteiger partial charge in [-0.25, -0.2) is 0 Å². The highest BCUT2D eigenvalue weighted by atomic mass is 16.5. The Morgan fingerprint density at radius 3 is 2.28 bits per heavy atom. The number of methoxy groups -OCH3 is 2. The molecule has 100 valence electrons. The second kappa shape index (κ2) is 6.45. The van der Waals surface area contributed by atoms with E-state index in [1.165, 1.54) is 0 Å². The fraction of sp³-hybridized carbons (Fsp3) is 0.467. The van der Waals surface area contributed by atoms with Crippen LogP contribution < -0.4 is 9.47 Å². The SMILES string of the molecule is COc1ccc(/C=C/COC(C)(C)C)cc1OC. The molecule has 18 heavy (non-hydrogen) atoms. The lowest BCUT2D eigenvalue weighted by molar-refractivity contribution is 0.0152. The Morgan fingerprint density at radius 2 is 1.72 bits per heavy atom. The van der Waals surface area contributed by atoms with E-state index < -0.39 is 0 Å². The van der Waals surface area contributed by atoms with E-state index in [1.54, 1.807) is 14.2 Å². The Kier molecular flexibility index (Phi) is 5.23. The summed E-state index contributed by atoms with van der Waals surface area (Å²) in [6, 6.07) is 5.81. The van der Waals surface area contributed by atoms with Gasteiger partial charge in [-0.2, -0.15) is 0 Å². The topological polar surface area (TPSA) is 27.7 Å². The maximum absolute atomic E-state index is 5.61. The molecule has 0 atom stereocenters. The van der Waals surface area contributed by atoms with E-state index in [2.05, 4.69) is 0 Å². The summed E-state index contributed by atoms with van der Waals surface area (Å²) in [6.07, 6.45) is 4.00. The number of benzene rings is 1. The molecule has 1 rings (SSSR count). The molecule has 1 aromatic carbocycles. The zero-order chi connectivity index (χ0) is 13.6. The van der Waals surface area contributed by atoms with E-state index >= 15 is 0 Å². The summed E-state index contributed by atoms with van der Waals surface area (Å²) >= 11 is 0. The van der Waals surface area contributed by atoms with Crippen LogP contribution in [-0.2, 0) is 4.74 Å². The molecule has 3 nitrogen and oxygen atoms in total. The van der Waals surface area contributed by atoms with Gasteiger partial charge in [0.1, 0.15) is 0 Å². The molecule has 0 bridgehead atoms. The molecule has 0 unspecified atom stereocenters. The molecule has 0 heterocycles. The van der Waals surface area contributed by atoms with Crippen molar-refractivity contribution in [2.75, 3.05) is 20.8 Å². The van der Waals surface area contributed by atoms with Gasteiger partial charge < -0.3 is 14.2 Å². The molecule has 0 aliphatic carbocycles. The van der Waals surface area contributed by atoms with Crippen LogP contribution in [0.3, 0.4) is 0 Å². The molecule has 0 spiro atoms. The maximum Gasteiger partial charge on any atom is 0.161 e. The van der Waals surface area contributed by atoms with Gasteiger partial charge in [-0.3, -0.25) is 0 Å². The average molecular weight is 250 g/mol. The standard InChI is InChI=1S/C15H22O3/c1-15(2,3)18-10-6-7-12-8-9-13(16-4)14(11-12)17-5/h6-9,11H,10H2,1-5H3/b7-6+. The predicted octanol–water partition coefficient (Wildman–Crippen LogP) is 3.53. The van der Waals surface area contributed by atoms with E-state index in [0.717, 1.165) is 17.1 Å². The van der Waals surface area contributed by atoms with Crippen molar-refractivity contribution in [2.45, 2.75) is 26.4 Å². The molecule has 3 heteroatoms. The molecule has 0 amide bonds. The van der Waals surface area contributed by atoms with E-state index in [1.807, 2.05) is 51.1 Å². The molecule has 0 aromatic heterocycles. The van der Waals surface area contributed by atoms with E-state index in [4.69, 9.17) is 14.2 Å². The van der Waals surface area contributed by atoms with Gasteiger partial charge in [0.05, 0.1) is 26.4 Å². The molecular formula is C15H22O3. The number of hydrogen-bond acceptors (Lipinski definition) is 3. The van der Waals surface area contributed by atoms with E-state index in [0.29, 0.717) is 6.61 Å². The summed E-state index contributed by atoms with van der Waals surface area (Å²) in [5.41, 5.74) is 0.951. The second-order valence-corrected chi connectivity index (χ2v) is 4.94. The zero-order valence-corrected chi connectivity index (χ0v) is 11.8. The number of rotatable bonds is 5. The molecular weight excluding hydrogens is 228 g/mol. The molecule has 0 fully saturated rings.